The minimum atomic E-state index is -0.578. The summed E-state index contributed by atoms with van der Waals surface area (Å²) >= 11 is 19.5. The first kappa shape index (κ1) is 25.9. The maximum absolute atomic E-state index is 13.1. The molecule has 0 heterocycles. The fourth-order valence-electron chi connectivity index (χ4n) is 2.87. The highest BCUT2D eigenvalue weighted by Crippen LogP contribution is 2.25. The third-order valence-corrected chi connectivity index (χ3v) is 6.72. The average Bonchev–Trinajstić information content (AvgIpc) is 2.75. The van der Waals surface area contributed by atoms with Gasteiger partial charge in [0.05, 0.1) is 15.8 Å². The Kier molecular flexibility index (Phi) is 11.0. The summed E-state index contributed by atoms with van der Waals surface area (Å²) in [6.07, 6.45) is 1.90. The molecule has 2 aromatic carbocycles. The fourth-order valence-corrected chi connectivity index (χ4v) is 4.18. The van der Waals surface area contributed by atoms with Crippen molar-refractivity contribution >= 4 is 58.4 Å². The molecule has 0 aliphatic carbocycles. The first-order chi connectivity index (χ1) is 14.8. The van der Waals surface area contributed by atoms with Crippen LogP contribution < -0.4 is 5.32 Å². The number of carbonyl (C=O) groups is 2. The SMILES string of the molecule is CCCCNC(=O)[C@@H](C)N(Cc1ccc(Cl)cc1)C(=O)CSCc1ccc(Cl)c(Cl)c1. The van der Waals surface area contributed by atoms with Gasteiger partial charge in [0.1, 0.15) is 6.04 Å². The first-order valence-corrected chi connectivity index (χ1v) is 12.4. The van der Waals surface area contributed by atoms with Gasteiger partial charge >= 0.3 is 0 Å². The molecule has 0 radical (unpaired) electrons. The van der Waals surface area contributed by atoms with Gasteiger partial charge in [-0.1, -0.05) is 66.3 Å². The van der Waals surface area contributed by atoms with Gasteiger partial charge in [-0.25, -0.2) is 0 Å². The molecular formula is C23H27Cl3N2O2S. The Morgan fingerprint density at radius 2 is 1.71 bits per heavy atom. The number of nitrogens with one attached hydrogen (secondary N) is 1. The molecule has 0 saturated carbocycles. The van der Waals surface area contributed by atoms with Gasteiger partial charge in [-0.15, -0.1) is 11.8 Å². The summed E-state index contributed by atoms with van der Waals surface area (Å²) in [5, 5.41) is 4.54. The van der Waals surface area contributed by atoms with E-state index in [-0.39, 0.29) is 17.6 Å². The number of amides is 2. The van der Waals surface area contributed by atoms with E-state index in [1.165, 1.54) is 11.8 Å². The zero-order valence-electron chi connectivity index (χ0n) is 17.7. The molecule has 0 saturated heterocycles. The van der Waals surface area contributed by atoms with Crippen molar-refractivity contribution < 1.29 is 9.59 Å². The molecule has 0 aliphatic heterocycles. The summed E-state index contributed by atoms with van der Waals surface area (Å²) in [4.78, 5) is 27.3. The summed E-state index contributed by atoms with van der Waals surface area (Å²) in [7, 11) is 0. The van der Waals surface area contributed by atoms with Gasteiger partial charge in [-0.2, -0.15) is 0 Å². The summed E-state index contributed by atoms with van der Waals surface area (Å²) in [5.74, 6) is 0.623. The quantitative estimate of drug-likeness (QED) is 0.372. The summed E-state index contributed by atoms with van der Waals surface area (Å²) < 4.78 is 0. The number of benzene rings is 2. The van der Waals surface area contributed by atoms with Gasteiger partial charge in [-0.05, 0) is 48.7 Å². The molecule has 4 nitrogen and oxygen atoms in total. The van der Waals surface area contributed by atoms with Crippen molar-refractivity contribution in [3.63, 3.8) is 0 Å². The van der Waals surface area contributed by atoms with Crippen LogP contribution in [-0.2, 0) is 21.9 Å². The number of rotatable bonds is 11. The Morgan fingerprint density at radius 1 is 1.03 bits per heavy atom. The van der Waals surface area contributed by atoms with Crippen LogP contribution in [0.3, 0.4) is 0 Å². The van der Waals surface area contributed by atoms with Gasteiger partial charge < -0.3 is 10.2 Å². The minimum Gasteiger partial charge on any atom is -0.354 e. The average molecular weight is 502 g/mol. The zero-order chi connectivity index (χ0) is 22.8. The van der Waals surface area contributed by atoms with E-state index in [4.69, 9.17) is 34.8 Å². The van der Waals surface area contributed by atoms with Crippen LogP contribution in [0.15, 0.2) is 42.5 Å². The van der Waals surface area contributed by atoms with E-state index in [2.05, 4.69) is 12.2 Å². The Labute approximate surface area is 203 Å². The van der Waals surface area contributed by atoms with Crippen LogP contribution in [0, 0.1) is 0 Å². The highest BCUT2D eigenvalue weighted by atomic mass is 35.5. The molecule has 0 spiro atoms. The Hall–Kier alpha value is -1.40. The topological polar surface area (TPSA) is 49.4 Å². The molecule has 31 heavy (non-hydrogen) atoms. The van der Waals surface area contributed by atoms with Crippen LogP contribution in [-0.4, -0.2) is 35.1 Å². The lowest BCUT2D eigenvalue weighted by Crippen LogP contribution is -2.48. The molecule has 8 heteroatoms. The van der Waals surface area contributed by atoms with Crippen molar-refractivity contribution in [3.05, 3.63) is 68.7 Å². The molecular weight excluding hydrogens is 475 g/mol. The van der Waals surface area contributed by atoms with Crippen LogP contribution in [0.2, 0.25) is 15.1 Å². The third-order valence-electron chi connectivity index (χ3n) is 4.74. The second kappa shape index (κ2) is 13.2. The number of unbranched alkanes of at least 4 members (excludes halogenated alkanes) is 1. The normalized spacial score (nSPS) is 11.8. The molecule has 1 N–H and O–H groups in total. The molecule has 1 atom stereocenters. The van der Waals surface area contributed by atoms with E-state index >= 15 is 0 Å². The second-order valence-corrected chi connectivity index (χ2v) is 9.45. The number of carbonyl (C=O) groups excluding carboxylic acids is 2. The molecule has 0 fully saturated rings. The summed E-state index contributed by atoms with van der Waals surface area (Å²) in [6.45, 7) is 4.77. The summed E-state index contributed by atoms with van der Waals surface area (Å²) in [6, 6.07) is 12.2. The van der Waals surface area contributed by atoms with Crippen molar-refractivity contribution in [1.29, 1.82) is 0 Å². The van der Waals surface area contributed by atoms with Crippen LogP contribution in [0.25, 0.3) is 0 Å². The van der Waals surface area contributed by atoms with E-state index in [1.54, 1.807) is 36.1 Å². The monoisotopic (exact) mass is 500 g/mol. The Balaban J connectivity index is 2.04. The van der Waals surface area contributed by atoms with E-state index < -0.39 is 6.04 Å². The maximum Gasteiger partial charge on any atom is 0.242 e. The van der Waals surface area contributed by atoms with Crippen molar-refractivity contribution in [1.82, 2.24) is 10.2 Å². The van der Waals surface area contributed by atoms with Crippen LogP contribution >= 0.6 is 46.6 Å². The highest BCUT2D eigenvalue weighted by Gasteiger charge is 2.25. The van der Waals surface area contributed by atoms with Crippen molar-refractivity contribution in [2.75, 3.05) is 12.3 Å². The molecule has 2 aromatic rings. The fraction of sp³-hybridized carbons (Fsp3) is 0.391. The van der Waals surface area contributed by atoms with Gasteiger partial charge in [-0.3, -0.25) is 9.59 Å². The van der Waals surface area contributed by atoms with Crippen molar-refractivity contribution in [2.24, 2.45) is 0 Å². The van der Waals surface area contributed by atoms with Gasteiger partial charge in [0.15, 0.2) is 0 Å². The molecule has 0 aromatic heterocycles. The smallest absolute Gasteiger partial charge is 0.242 e. The Bertz CT molecular complexity index is 878. The molecule has 2 amide bonds. The summed E-state index contributed by atoms with van der Waals surface area (Å²) in [5.41, 5.74) is 1.90. The van der Waals surface area contributed by atoms with Gasteiger partial charge in [0.25, 0.3) is 0 Å². The van der Waals surface area contributed by atoms with Crippen LogP contribution in [0.1, 0.15) is 37.8 Å². The number of nitrogens with zero attached hydrogens (tertiary/aromatic N) is 1. The molecule has 168 valence electrons. The number of halogens is 3. The van der Waals surface area contributed by atoms with E-state index in [0.29, 0.717) is 33.9 Å². The largest absolute Gasteiger partial charge is 0.354 e. The predicted molar refractivity (Wildman–Crippen MR) is 132 cm³/mol. The standard InChI is InChI=1S/C23H27Cl3N2O2S/c1-3-4-11-27-23(30)16(2)28(13-17-5-8-19(24)9-6-17)22(29)15-31-14-18-7-10-20(25)21(26)12-18/h5-10,12,16H,3-4,11,13-15H2,1-2H3,(H,27,30)/t16-/m1/s1. The van der Waals surface area contributed by atoms with Crippen molar-refractivity contribution in [3.8, 4) is 0 Å². The molecule has 0 aliphatic rings. The number of hydrogen-bond donors (Lipinski definition) is 1. The van der Waals surface area contributed by atoms with Gasteiger partial charge in [0, 0.05) is 23.9 Å². The number of hydrogen-bond acceptors (Lipinski definition) is 3. The lowest BCUT2D eigenvalue weighted by Gasteiger charge is -2.29. The number of thioether (sulfide) groups is 1. The third kappa shape index (κ3) is 8.57. The van der Waals surface area contributed by atoms with Crippen LogP contribution in [0.5, 0.6) is 0 Å². The second-order valence-electron chi connectivity index (χ2n) is 7.21. The van der Waals surface area contributed by atoms with E-state index in [1.807, 2.05) is 18.2 Å². The molecule has 0 unspecified atom stereocenters. The lowest BCUT2D eigenvalue weighted by atomic mass is 10.1. The first-order valence-electron chi connectivity index (χ1n) is 10.1. The maximum atomic E-state index is 13.1. The Morgan fingerprint density at radius 3 is 2.35 bits per heavy atom. The van der Waals surface area contributed by atoms with Crippen LogP contribution in [0.4, 0.5) is 0 Å². The highest BCUT2D eigenvalue weighted by molar-refractivity contribution is 7.99. The molecule has 2 rings (SSSR count). The van der Waals surface area contributed by atoms with E-state index in [9.17, 15) is 9.59 Å². The van der Waals surface area contributed by atoms with Gasteiger partial charge in [0.2, 0.25) is 11.8 Å². The van der Waals surface area contributed by atoms with E-state index in [0.717, 1.165) is 24.0 Å². The van der Waals surface area contributed by atoms with Crippen molar-refractivity contribution in [2.45, 2.75) is 45.0 Å². The zero-order valence-corrected chi connectivity index (χ0v) is 20.8. The molecule has 0 bridgehead atoms. The lowest BCUT2D eigenvalue weighted by molar-refractivity contribution is -0.138. The minimum absolute atomic E-state index is 0.0989. The predicted octanol–water partition coefficient (Wildman–Crippen LogP) is 6.21.